The Morgan fingerprint density at radius 3 is 3.11 bits per heavy atom. The normalized spacial score (nSPS) is 26.4. The number of halogens is 1. The van der Waals surface area contributed by atoms with Crippen LogP contribution in [-0.4, -0.2) is 36.5 Å². The van der Waals surface area contributed by atoms with Crippen LogP contribution in [0.2, 0.25) is 5.02 Å². The van der Waals surface area contributed by atoms with Gasteiger partial charge in [-0.15, -0.1) is 0 Å². The molecular formula is C14H17ClN2O. The second kappa shape index (κ2) is 4.56. The van der Waals surface area contributed by atoms with Gasteiger partial charge in [0.25, 0.3) is 5.91 Å². The lowest BCUT2D eigenvalue weighted by Crippen LogP contribution is -2.39. The Hall–Kier alpha value is -1.06. The maximum atomic E-state index is 12.6. The number of fused-ring (bicyclic) bond motifs is 1. The van der Waals surface area contributed by atoms with Gasteiger partial charge in [0.05, 0.1) is 10.6 Å². The van der Waals surface area contributed by atoms with Crippen molar-refractivity contribution in [1.82, 2.24) is 10.2 Å². The molecule has 2 saturated heterocycles. The van der Waals surface area contributed by atoms with Crippen LogP contribution in [0.25, 0.3) is 0 Å². The van der Waals surface area contributed by atoms with E-state index in [1.165, 1.54) is 0 Å². The van der Waals surface area contributed by atoms with Crippen LogP contribution >= 0.6 is 11.6 Å². The molecule has 3 rings (SSSR count). The molecule has 2 atom stereocenters. The summed E-state index contributed by atoms with van der Waals surface area (Å²) in [5.74, 6) is 0.706. The molecule has 0 aromatic heterocycles. The molecule has 2 aliphatic rings. The molecule has 1 aromatic rings. The number of likely N-dealkylation sites (tertiary alicyclic amines) is 1. The van der Waals surface area contributed by atoms with Crippen LogP contribution in [0.1, 0.15) is 22.3 Å². The Balaban J connectivity index is 1.88. The summed E-state index contributed by atoms with van der Waals surface area (Å²) in [7, 11) is 0. The fraction of sp³-hybridized carbons (Fsp3) is 0.500. The zero-order valence-electron chi connectivity index (χ0n) is 10.4. The summed E-state index contributed by atoms with van der Waals surface area (Å²) in [5.41, 5.74) is 1.60. The zero-order chi connectivity index (χ0) is 12.7. The van der Waals surface area contributed by atoms with Gasteiger partial charge in [0.2, 0.25) is 0 Å². The van der Waals surface area contributed by atoms with Crippen LogP contribution in [0.4, 0.5) is 0 Å². The Bertz CT molecular complexity index is 489. The van der Waals surface area contributed by atoms with E-state index >= 15 is 0 Å². The molecule has 1 N–H and O–H groups in total. The molecule has 0 unspecified atom stereocenters. The minimum atomic E-state index is 0.0832. The molecule has 2 aliphatic heterocycles. The monoisotopic (exact) mass is 264 g/mol. The maximum absolute atomic E-state index is 12.6. The second-order valence-electron chi connectivity index (χ2n) is 5.21. The van der Waals surface area contributed by atoms with Crippen LogP contribution < -0.4 is 5.32 Å². The van der Waals surface area contributed by atoms with E-state index in [2.05, 4.69) is 5.32 Å². The SMILES string of the molecule is Cc1cccc(C(=O)N2CC[C@H]3CNC[C@H]32)c1Cl. The van der Waals surface area contributed by atoms with Crippen molar-refractivity contribution in [2.24, 2.45) is 5.92 Å². The molecule has 0 saturated carbocycles. The summed E-state index contributed by atoms with van der Waals surface area (Å²) in [4.78, 5) is 14.6. The van der Waals surface area contributed by atoms with Gasteiger partial charge in [0.15, 0.2) is 0 Å². The number of carbonyl (C=O) groups excluding carboxylic acids is 1. The van der Waals surface area contributed by atoms with Gasteiger partial charge in [-0.3, -0.25) is 4.79 Å². The first-order valence-corrected chi connectivity index (χ1v) is 6.83. The predicted octanol–water partition coefficient (Wildman–Crippen LogP) is 2.08. The summed E-state index contributed by atoms with van der Waals surface area (Å²) >= 11 is 6.25. The fourth-order valence-corrected chi connectivity index (χ4v) is 3.28. The highest BCUT2D eigenvalue weighted by Crippen LogP contribution is 2.30. The van der Waals surface area contributed by atoms with Gasteiger partial charge in [-0.2, -0.15) is 0 Å². The molecule has 1 amide bonds. The molecule has 0 bridgehead atoms. The molecule has 2 heterocycles. The Labute approximate surface area is 112 Å². The van der Waals surface area contributed by atoms with Crippen molar-refractivity contribution >= 4 is 17.5 Å². The van der Waals surface area contributed by atoms with E-state index < -0.39 is 0 Å². The number of carbonyl (C=O) groups is 1. The molecular weight excluding hydrogens is 248 g/mol. The summed E-state index contributed by atoms with van der Waals surface area (Å²) in [6.07, 6.45) is 1.10. The quantitative estimate of drug-likeness (QED) is 0.842. The third-order valence-corrected chi connectivity index (χ3v) is 4.63. The summed E-state index contributed by atoms with van der Waals surface area (Å²) in [6, 6.07) is 6.01. The first-order chi connectivity index (χ1) is 8.68. The molecule has 0 aliphatic carbocycles. The number of hydrogen-bond acceptors (Lipinski definition) is 2. The fourth-order valence-electron chi connectivity index (χ4n) is 3.07. The van der Waals surface area contributed by atoms with Crippen molar-refractivity contribution in [1.29, 1.82) is 0 Å². The smallest absolute Gasteiger partial charge is 0.255 e. The average molecular weight is 265 g/mol. The Kier molecular flexibility index (Phi) is 3.04. The molecule has 4 heteroatoms. The van der Waals surface area contributed by atoms with Gasteiger partial charge < -0.3 is 10.2 Å². The standard InChI is InChI=1S/C14H17ClN2O/c1-9-3-2-4-11(13(9)15)14(18)17-6-5-10-7-16-8-12(10)17/h2-4,10,12,16H,5-8H2,1H3/t10-,12+/m0/s1. The summed E-state index contributed by atoms with van der Waals surface area (Å²) in [5, 5.41) is 3.95. The van der Waals surface area contributed by atoms with Crippen molar-refractivity contribution < 1.29 is 4.79 Å². The number of hydrogen-bond donors (Lipinski definition) is 1. The number of aryl methyl sites for hydroxylation is 1. The van der Waals surface area contributed by atoms with Crippen LogP contribution in [0.3, 0.4) is 0 Å². The number of nitrogens with zero attached hydrogens (tertiary/aromatic N) is 1. The van der Waals surface area contributed by atoms with E-state index in [1.54, 1.807) is 0 Å². The van der Waals surface area contributed by atoms with Crippen molar-refractivity contribution in [3.63, 3.8) is 0 Å². The van der Waals surface area contributed by atoms with Crippen molar-refractivity contribution in [3.05, 3.63) is 34.3 Å². The third kappa shape index (κ3) is 1.82. The molecule has 1 aromatic carbocycles. The highest BCUT2D eigenvalue weighted by Gasteiger charge is 2.40. The number of benzene rings is 1. The highest BCUT2D eigenvalue weighted by molar-refractivity contribution is 6.34. The lowest BCUT2D eigenvalue weighted by molar-refractivity contribution is 0.0737. The number of nitrogens with one attached hydrogen (secondary N) is 1. The van der Waals surface area contributed by atoms with Crippen LogP contribution in [0.15, 0.2) is 18.2 Å². The number of amides is 1. The second-order valence-corrected chi connectivity index (χ2v) is 5.59. The lowest BCUT2D eigenvalue weighted by Gasteiger charge is -2.24. The van der Waals surface area contributed by atoms with Gasteiger partial charge in [-0.05, 0) is 30.9 Å². The largest absolute Gasteiger partial charge is 0.334 e. The highest BCUT2D eigenvalue weighted by atomic mass is 35.5. The average Bonchev–Trinajstić information content (AvgIpc) is 2.94. The van der Waals surface area contributed by atoms with E-state index in [1.807, 2.05) is 30.0 Å². The summed E-state index contributed by atoms with van der Waals surface area (Å²) in [6.45, 7) is 4.75. The summed E-state index contributed by atoms with van der Waals surface area (Å²) < 4.78 is 0. The predicted molar refractivity (Wildman–Crippen MR) is 72.0 cm³/mol. The minimum Gasteiger partial charge on any atom is -0.334 e. The molecule has 96 valence electrons. The molecule has 18 heavy (non-hydrogen) atoms. The van der Waals surface area contributed by atoms with Crippen LogP contribution in [0.5, 0.6) is 0 Å². The van der Waals surface area contributed by atoms with E-state index in [4.69, 9.17) is 11.6 Å². The Morgan fingerprint density at radius 1 is 1.44 bits per heavy atom. The first-order valence-electron chi connectivity index (χ1n) is 6.45. The third-order valence-electron chi connectivity index (χ3n) is 4.13. The molecule has 2 fully saturated rings. The van der Waals surface area contributed by atoms with Crippen LogP contribution in [0, 0.1) is 12.8 Å². The molecule has 0 spiro atoms. The van der Waals surface area contributed by atoms with E-state index in [0.717, 1.165) is 31.6 Å². The molecule has 3 nitrogen and oxygen atoms in total. The van der Waals surface area contributed by atoms with E-state index in [0.29, 0.717) is 22.5 Å². The topological polar surface area (TPSA) is 32.3 Å². The van der Waals surface area contributed by atoms with Crippen LogP contribution in [-0.2, 0) is 0 Å². The molecule has 0 radical (unpaired) electrons. The van der Waals surface area contributed by atoms with Gasteiger partial charge >= 0.3 is 0 Å². The van der Waals surface area contributed by atoms with E-state index in [9.17, 15) is 4.79 Å². The van der Waals surface area contributed by atoms with Gasteiger partial charge in [0, 0.05) is 25.7 Å². The minimum absolute atomic E-state index is 0.0832. The van der Waals surface area contributed by atoms with Gasteiger partial charge in [-0.1, -0.05) is 23.7 Å². The first kappa shape index (κ1) is 12.0. The van der Waals surface area contributed by atoms with Crippen molar-refractivity contribution in [3.8, 4) is 0 Å². The zero-order valence-corrected chi connectivity index (χ0v) is 11.2. The Morgan fingerprint density at radius 2 is 2.28 bits per heavy atom. The van der Waals surface area contributed by atoms with Crippen molar-refractivity contribution in [2.75, 3.05) is 19.6 Å². The number of rotatable bonds is 1. The van der Waals surface area contributed by atoms with Gasteiger partial charge in [0.1, 0.15) is 0 Å². The maximum Gasteiger partial charge on any atom is 0.255 e. The van der Waals surface area contributed by atoms with Crippen molar-refractivity contribution in [2.45, 2.75) is 19.4 Å². The van der Waals surface area contributed by atoms with Gasteiger partial charge in [-0.25, -0.2) is 0 Å². The lowest BCUT2D eigenvalue weighted by atomic mass is 10.0. The van der Waals surface area contributed by atoms with E-state index in [-0.39, 0.29) is 5.91 Å².